The highest BCUT2D eigenvalue weighted by Gasteiger charge is 2.28. The summed E-state index contributed by atoms with van der Waals surface area (Å²) in [4.78, 5) is 36.8. The number of carbonyl (C=O) groups is 2. The number of nitrogens with one attached hydrogen (secondary N) is 2. The van der Waals surface area contributed by atoms with Gasteiger partial charge < -0.3 is 30.1 Å². The number of fused-ring (bicyclic) bond motifs is 1. The number of likely N-dealkylation sites (N-methyl/N-ethyl adjacent to an activating group) is 1. The van der Waals surface area contributed by atoms with Crippen LogP contribution < -0.4 is 15.5 Å². The van der Waals surface area contributed by atoms with Crippen molar-refractivity contribution in [3.05, 3.63) is 71.9 Å². The van der Waals surface area contributed by atoms with E-state index in [1.807, 2.05) is 60.8 Å². The van der Waals surface area contributed by atoms with Gasteiger partial charge in [0, 0.05) is 60.4 Å². The topological polar surface area (TPSA) is 107 Å². The smallest absolute Gasteiger partial charge is 0.323 e. The van der Waals surface area contributed by atoms with Crippen molar-refractivity contribution in [2.75, 3.05) is 69.0 Å². The third-order valence-corrected chi connectivity index (χ3v) is 7.96. The summed E-state index contributed by atoms with van der Waals surface area (Å²) in [5.41, 5.74) is 4.71. The third kappa shape index (κ3) is 5.79. The average Bonchev–Trinajstić information content (AvgIpc) is 3.65. The highest BCUT2D eigenvalue weighted by Crippen LogP contribution is 2.27. The molecule has 6 rings (SSSR count). The van der Waals surface area contributed by atoms with E-state index >= 15 is 0 Å². The number of hydrogen-bond acceptors (Lipinski definition) is 7. The molecule has 2 aliphatic heterocycles. The molecule has 11 heteroatoms. The number of aromatic nitrogens is 3. The molecule has 0 unspecified atom stereocenters. The zero-order valence-electron chi connectivity index (χ0n) is 24.2. The molecule has 1 atom stereocenters. The Morgan fingerprint density at radius 3 is 2.21 bits per heavy atom. The van der Waals surface area contributed by atoms with Crippen molar-refractivity contribution >= 4 is 34.6 Å². The van der Waals surface area contributed by atoms with Crippen molar-refractivity contribution in [2.45, 2.75) is 19.4 Å². The maximum atomic E-state index is 12.9. The standard InChI is InChI=1S/C31H36N8O3/c1-21-4-13-27-29(37-16-18-42-19-17-37)34-28(35-39(21)27)22-5-9-24(10-6-22)32-31(41)33-25-11-7-23(8-12-25)30(40)38-15-14-26(20-38)36(2)3/h4-13,26H,14-20H2,1-3H3,(H2,32,33,41)/t26-/m0/s1. The van der Waals surface area contributed by atoms with Crippen molar-refractivity contribution in [3.63, 3.8) is 0 Å². The molecular formula is C31H36N8O3. The van der Waals surface area contributed by atoms with Gasteiger partial charge in [-0.2, -0.15) is 0 Å². The second-order valence-corrected chi connectivity index (χ2v) is 11.0. The third-order valence-electron chi connectivity index (χ3n) is 7.96. The molecule has 2 aromatic carbocycles. The molecule has 2 aromatic heterocycles. The SMILES string of the molecule is Cc1ccc2c(N3CCOCC3)nc(-c3ccc(NC(=O)Nc4ccc(C(=O)N5CC[C@H](N(C)C)C5)cc4)cc3)nn12. The van der Waals surface area contributed by atoms with E-state index in [0.717, 1.165) is 55.2 Å². The lowest BCUT2D eigenvalue weighted by molar-refractivity contribution is 0.0783. The van der Waals surface area contributed by atoms with Gasteiger partial charge in [-0.15, -0.1) is 5.10 Å². The Bertz CT molecular complexity index is 1580. The van der Waals surface area contributed by atoms with Gasteiger partial charge in [-0.25, -0.2) is 14.3 Å². The Balaban J connectivity index is 1.10. The number of amides is 3. The van der Waals surface area contributed by atoms with Crippen LogP contribution in [0.2, 0.25) is 0 Å². The number of likely N-dealkylation sites (tertiary alicyclic amines) is 1. The van der Waals surface area contributed by atoms with Crippen LogP contribution >= 0.6 is 0 Å². The molecule has 0 radical (unpaired) electrons. The highest BCUT2D eigenvalue weighted by molar-refractivity contribution is 6.00. The van der Waals surface area contributed by atoms with Crippen LogP contribution in [0.4, 0.5) is 22.0 Å². The first-order valence-electron chi connectivity index (χ1n) is 14.3. The lowest BCUT2D eigenvalue weighted by atomic mass is 10.2. The minimum atomic E-state index is -0.370. The van der Waals surface area contributed by atoms with Crippen LogP contribution in [0.1, 0.15) is 22.5 Å². The van der Waals surface area contributed by atoms with Crippen LogP contribution in [0.25, 0.3) is 16.9 Å². The number of carbonyl (C=O) groups excluding carboxylic acids is 2. The van der Waals surface area contributed by atoms with E-state index in [9.17, 15) is 9.59 Å². The van der Waals surface area contributed by atoms with Gasteiger partial charge in [0.25, 0.3) is 5.91 Å². The number of nitrogens with zero attached hydrogens (tertiary/aromatic N) is 6. The molecular weight excluding hydrogens is 532 g/mol. The molecule has 2 aliphatic rings. The highest BCUT2D eigenvalue weighted by atomic mass is 16.5. The van der Waals surface area contributed by atoms with E-state index in [1.54, 1.807) is 24.3 Å². The summed E-state index contributed by atoms with van der Waals surface area (Å²) in [6, 6.07) is 18.6. The van der Waals surface area contributed by atoms with Gasteiger partial charge >= 0.3 is 6.03 Å². The molecule has 0 bridgehead atoms. The number of rotatable bonds is 6. The Labute approximate surface area is 245 Å². The van der Waals surface area contributed by atoms with E-state index in [1.165, 1.54) is 0 Å². The summed E-state index contributed by atoms with van der Waals surface area (Å²) < 4.78 is 7.46. The summed E-state index contributed by atoms with van der Waals surface area (Å²) in [6.07, 6.45) is 0.976. The fourth-order valence-electron chi connectivity index (χ4n) is 5.46. The molecule has 2 saturated heterocycles. The quantitative estimate of drug-likeness (QED) is 0.363. The molecule has 11 nitrogen and oxygen atoms in total. The van der Waals surface area contributed by atoms with Crippen LogP contribution in [0.15, 0.2) is 60.7 Å². The van der Waals surface area contributed by atoms with Crippen molar-refractivity contribution in [1.82, 2.24) is 24.4 Å². The zero-order valence-corrected chi connectivity index (χ0v) is 24.2. The van der Waals surface area contributed by atoms with Gasteiger partial charge in [0.15, 0.2) is 11.6 Å². The minimum absolute atomic E-state index is 0.0163. The van der Waals surface area contributed by atoms with Crippen LogP contribution in [0, 0.1) is 6.92 Å². The van der Waals surface area contributed by atoms with E-state index in [0.29, 0.717) is 42.0 Å². The second kappa shape index (κ2) is 11.8. The molecule has 0 spiro atoms. The lowest BCUT2D eigenvalue weighted by Crippen LogP contribution is -2.37. The molecule has 3 amide bonds. The predicted octanol–water partition coefficient (Wildman–Crippen LogP) is 3.96. The number of anilines is 3. The Morgan fingerprint density at radius 2 is 1.57 bits per heavy atom. The second-order valence-electron chi connectivity index (χ2n) is 11.0. The van der Waals surface area contributed by atoms with Gasteiger partial charge in [0.1, 0.15) is 5.52 Å². The summed E-state index contributed by atoms with van der Waals surface area (Å²) in [7, 11) is 4.08. The van der Waals surface area contributed by atoms with E-state index in [4.69, 9.17) is 14.8 Å². The first-order valence-corrected chi connectivity index (χ1v) is 14.3. The normalized spacial score (nSPS) is 17.2. The van der Waals surface area contributed by atoms with Crippen molar-refractivity contribution < 1.29 is 14.3 Å². The minimum Gasteiger partial charge on any atom is -0.378 e. The molecule has 4 aromatic rings. The summed E-state index contributed by atoms with van der Waals surface area (Å²) in [6.45, 7) is 6.42. The van der Waals surface area contributed by atoms with Crippen LogP contribution in [-0.2, 0) is 4.74 Å². The van der Waals surface area contributed by atoms with Gasteiger partial charge in [-0.3, -0.25) is 4.79 Å². The summed E-state index contributed by atoms with van der Waals surface area (Å²) in [5, 5.41) is 10.5. The van der Waals surface area contributed by atoms with Crippen molar-refractivity contribution in [1.29, 1.82) is 0 Å². The molecule has 2 N–H and O–H groups in total. The Morgan fingerprint density at radius 1 is 0.905 bits per heavy atom. The van der Waals surface area contributed by atoms with E-state index in [-0.39, 0.29) is 11.9 Å². The van der Waals surface area contributed by atoms with E-state index in [2.05, 4.69) is 26.5 Å². The summed E-state index contributed by atoms with van der Waals surface area (Å²) in [5.74, 6) is 1.52. The number of aryl methyl sites for hydroxylation is 1. The van der Waals surface area contributed by atoms with Crippen LogP contribution in [-0.4, -0.2) is 95.9 Å². The number of hydrogen-bond donors (Lipinski definition) is 2. The fourth-order valence-corrected chi connectivity index (χ4v) is 5.46. The number of benzene rings is 2. The van der Waals surface area contributed by atoms with Gasteiger partial charge in [0.05, 0.1) is 13.2 Å². The molecule has 0 aliphatic carbocycles. The van der Waals surface area contributed by atoms with E-state index < -0.39 is 0 Å². The van der Waals surface area contributed by atoms with Crippen LogP contribution in [0.5, 0.6) is 0 Å². The molecule has 2 fully saturated rings. The largest absolute Gasteiger partial charge is 0.378 e. The first kappa shape index (κ1) is 27.7. The average molecular weight is 569 g/mol. The van der Waals surface area contributed by atoms with Crippen molar-refractivity contribution in [3.8, 4) is 11.4 Å². The summed E-state index contributed by atoms with van der Waals surface area (Å²) >= 11 is 0. The molecule has 42 heavy (non-hydrogen) atoms. The van der Waals surface area contributed by atoms with Gasteiger partial charge in [-0.05, 0) is 88.1 Å². The first-order chi connectivity index (χ1) is 20.4. The fraction of sp³-hybridized carbons (Fsp3) is 0.355. The van der Waals surface area contributed by atoms with Crippen molar-refractivity contribution in [2.24, 2.45) is 0 Å². The Kier molecular flexibility index (Phi) is 7.77. The number of morpholine rings is 1. The predicted molar refractivity (Wildman–Crippen MR) is 163 cm³/mol. The molecule has 218 valence electrons. The maximum absolute atomic E-state index is 12.9. The molecule has 4 heterocycles. The van der Waals surface area contributed by atoms with Gasteiger partial charge in [0.2, 0.25) is 0 Å². The zero-order chi connectivity index (χ0) is 29.2. The Hall–Kier alpha value is -4.48. The molecule has 0 saturated carbocycles. The number of ether oxygens (including phenoxy) is 1. The maximum Gasteiger partial charge on any atom is 0.323 e. The van der Waals surface area contributed by atoms with Gasteiger partial charge in [-0.1, -0.05) is 0 Å². The number of urea groups is 1. The monoisotopic (exact) mass is 568 g/mol. The lowest BCUT2D eigenvalue weighted by Gasteiger charge is -2.28. The van der Waals surface area contributed by atoms with Crippen LogP contribution in [0.3, 0.4) is 0 Å².